The second kappa shape index (κ2) is 5.31. The van der Waals surface area contributed by atoms with E-state index in [9.17, 15) is 0 Å². The first-order valence-corrected chi connectivity index (χ1v) is 7.01. The summed E-state index contributed by atoms with van der Waals surface area (Å²) in [6, 6.07) is 9.01. The molecule has 0 bridgehead atoms. The van der Waals surface area contributed by atoms with Gasteiger partial charge in [-0.25, -0.2) is 0 Å². The SMILES string of the molecule is CN(Cc1ccc(N)cc1)C1CCC(C)(C)CC1. The third-order valence-corrected chi connectivity index (χ3v) is 4.34. The zero-order valence-electron chi connectivity index (χ0n) is 11.9. The largest absolute Gasteiger partial charge is 0.399 e. The predicted molar refractivity (Wildman–Crippen MR) is 78.4 cm³/mol. The number of nitrogens with zero attached hydrogens (tertiary/aromatic N) is 1. The zero-order valence-corrected chi connectivity index (χ0v) is 11.9. The second-order valence-corrected chi connectivity index (χ2v) is 6.55. The quantitative estimate of drug-likeness (QED) is 0.825. The van der Waals surface area contributed by atoms with E-state index >= 15 is 0 Å². The van der Waals surface area contributed by atoms with Gasteiger partial charge in [-0.05, 0) is 55.8 Å². The van der Waals surface area contributed by atoms with Crippen molar-refractivity contribution < 1.29 is 0 Å². The van der Waals surface area contributed by atoms with Gasteiger partial charge in [0.15, 0.2) is 0 Å². The molecule has 0 spiro atoms. The van der Waals surface area contributed by atoms with Gasteiger partial charge in [-0.2, -0.15) is 0 Å². The molecule has 0 atom stereocenters. The van der Waals surface area contributed by atoms with Crippen molar-refractivity contribution >= 4 is 5.69 Å². The van der Waals surface area contributed by atoms with Crippen molar-refractivity contribution in [3.63, 3.8) is 0 Å². The van der Waals surface area contributed by atoms with E-state index in [1.807, 2.05) is 12.1 Å². The number of nitrogen functional groups attached to an aromatic ring is 1. The van der Waals surface area contributed by atoms with Crippen molar-refractivity contribution in [2.24, 2.45) is 5.41 Å². The molecule has 1 saturated carbocycles. The molecule has 0 unspecified atom stereocenters. The van der Waals surface area contributed by atoms with Crippen LogP contribution in [-0.2, 0) is 6.54 Å². The molecule has 0 amide bonds. The van der Waals surface area contributed by atoms with E-state index in [4.69, 9.17) is 5.73 Å². The van der Waals surface area contributed by atoms with Crippen molar-refractivity contribution in [3.8, 4) is 0 Å². The summed E-state index contributed by atoms with van der Waals surface area (Å²) in [7, 11) is 2.25. The maximum atomic E-state index is 5.72. The van der Waals surface area contributed by atoms with Crippen LogP contribution >= 0.6 is 0 Å². The van der Waals surface area contributed by atoms with Crippen LogP contribution in [0.3, 0.4) is 0 Å². The molecule has 0 heterocycles. The molecule has 1 aliphatic carbocycles. The molecule has 0 aromatic heterocycles. The summed E-state index contributed by atoms with van der Waals surface area (Å²) >= 11 is 0. The second-order valence-electron chi connectivity index (χ2n) is 6.55. The van der Waals surface area contributed by atoms with Gasteiger partial charge in [0.1, 0.15) is 0 Å². The van der Waals surface area contributed by atoms with Gasteiger partial charge in [-0.1, -0.05) is 26.0 Å². The molecule has 18 heavy (non-hydrogen) atoms. The lowest BCUT2D eigenvalue weighted by Crippen LogP contribution is -2.36. The minimum atomic E-state index is 0.554. The van der Waals surface area contributed by atoms with Gasteiger partial charge in [0, 0.05) is 18.3 Å². The first-order chi connectivity index (χ1) is 8.46. The number of anilines is 1. The number of hydrogen-bond acceptors (Lipinski definition) is 2. The minimum Gasteiger partial charge on any atom is -0.399 e. The van der Waals surface area contributed by atoms with Crippen molar-refractivity contribution in [3.05, 3.63) is 29.8 Å². The zero-order chi connectivity index (χ0) is 13.2. The molecule has 2 N–H and O–H groups in total. The van der Waals surface area contributed by atoms with Crippen molar-refractivity contribution in [2.75, 3.05) is 12.8 Å². The molecule has 1 aromatic rings. The summed E-state index contributed by atoms with van der Waals surface area (Å²) in [6.07, 6.45) is 5.37. The standard InChI is InChI=1S/C16H26N2/c1-16(2)10-8-15(9-11-16)18(3)12-13-4-6-14(17)7-5-13/h4-7,15H,8-12,17H2,1-3H3. The van der Waals surface area contributed by atoms with Crippen LogP contribution in [0.15, 0.2) is 24.3 Å². The molecular formula is C16H26N2. The lowest BCUT2D eigenvalue weighted by molar-refractivity contribution is 0.123. The van der Waals surface area contributed by atoms with Gasteiger partial charge in [0.25, 0.3) is 0 Å². The lowest BCUT2D eigenvalue weighted by atomic mass is 9.75. The average Bonchev–Trinajstić information content (AvgIpc) is 2.32. The van der Waals surface area contributed by atoms with Gasteiger partial charge in [-0.15, -0.1) is 0 Å². The van der Waals surface area contributed by atoms with Crippen LogP contribution in [0.2, 0.25) is 0 Å². The summed E-state index contributed by atoms with van der Waals surface area (Å²) in [4.78, 5) is 2.50. The third-order valence-electron chi connectivity index (χ3n) is 4.34. The monoisotopic (exact) mass is 246 g/mol. The summed E-state index contributed by atoms with van der Waals surface area (Å²) in [5, 5.41) is 0. The topological polar surface area (TPSA) is 29.3 Å². The van der Waals surface area contributed by atoms with Gasteiger partial charge < -0.3 is 5.73 Å². The Morgan fingerprint density at radius 3 is 2.28 bits per heavy atom. The minimum absolute atomic E-state index is 0.554. The highest BCUT2D eigenvalue weighted by Gasteiger charge is 2.28. The normalized spacial score (nSPS) is 20.2. The Kier molecular flexibility index (Phi) is 3.96. The third kappa shape index (κ3) is 3.49. The number of hydrogen-bond donors (Lipinski definition) is 1. The Labute approximate surface area is 111 Å². The van der Waals surface area contributed by atoms with E-state index in [1.165, 1.54) is 31.2 Å². The van der Waals surface area contributed by atoms with E-state index in [1.54, 1.807) is 0 Å². The predicted octanol–water partition coefficient (Wildman–Crippen LogP) is 3.67. The highest BCUT2D eigenvalue weighted by atomic mass is 15.1. The molecule has 2 nitrogen and oxygen atoms in total. The maximum Gasteiger partial charge on any atom is 0.0314 e. The molecule has 1 aromatic carbocycles. The molecule has 1 fully saturated rings. The van der Waals surface area contributed by atoms with E-state index in [0.717, 1.165) is 18.3 Å². The van der Waals surface area contributed by atoms with Crippen LogP contribution in [0, 0.1) is 5.41 Å². The van der Waals surface area contributed by atoms with Gasteiger partial charge in [-0.3, -0.25) is 4.90 Å². The van der Waals surface area contributed by atoms with Crippen LogP contribution in [0.1, 0.15) is 45.1 Å². The first-order valence-electron chi connectivity index (χ1n) is 7.01. The Hall–Kier alpha value is -1.02. The number of benzene rings is 1. The summed E-state index contributed by atoms with van der Waals surface area (Å²) in [6.45, 7) is 5.82. The molecule has 2 heteroatoms. The van der Waals surface area contributed by atoms with E-state index < -0.39 is 0 Å². The van der Waals surface area contributed by atoms with Crippen LogP contribution in [-0.4, -0.2) is 18.0 Å². The summed E-state index contributed by atoms with van der Waals surface area (Å²) < 4.78 is 0. The fraction of sp³-hybridized carbons (Fsp3) is 0.625. The maximum absolute atomic E-state index is 5.72. The van der Waals surface area contributed by atoms with Crippen LogP contribution in [0.5, 0.6) is 0 Å². The van der Waals surface area contributed by atoms with Crippen molar-refractivity contribution in [1.29, 1.82) is 0 Å². The smallest absolute Gasteiger partial charge is 0.0314 e. The van der Waals surface area contributed by atoms with Crippen LogP contribution < -0.4 is 5.73 Å². The highest BCUT2D eigenvalue weighted by Crippen LogP contribution is 2.36. The first kappa shape index (κ1) is 13.4. The summed E-state index contributed by atoms with van der Waals surface area (Å²) in [5.41, 5.74) is 8.48. The molecule has 0 saturated heterocycles. The fourth-order valence-corrected chi connectivity index (χ4v) is 2.86. The molecule has 1 aliphatic rings. The van der Waals surface area contributed by atoms with E-state index in [2.05, 4.69) is 37.9 Å². The van der Waals surface area contributed by atoms with Crippen LogP contribution in [0.25, 0.3) is 0 Å². The Morgan fingerprint density at radius 2 is 1.72 bits per heavy atom. The van der Waals surface area contributed by atoms with Gasteiger partial charge in [0.2, 0.25) is 0 Å². The Bertz CT molecular complexity index is 371. The Morgan fingerprint density at radius 1 is 1.17 bits per heavy atom. The molecule has 2 rings (SSSR count). The number of rotatable bonds is 3. The number of nitrogens with two attached hydrogens (primary N) is 1. The lowest BCUT2D eigenvalue weighted by Gasteiger charge is -2.38. The highest BCUT2D eigenvalue weighted by molar-refractivity contribution is 5.39. The summed E-state index contributed by atoms with van der Waals surface area (Å²) in [5.74, 6) is 0. The Balaban J connectivity index is 1.89. The van der Waals surface area contributed by atoms with Gasteiger partial charge in [0.05, 0.1) is 0 Å². The molecule has 0 radical (unpaired) electrons. The van der Waals surface area contributed by atoms with E-state index in [-0.39, 0.29) is 0 Å². The van der Waals surface area contributed by atoms with Crippen molar-refractivity contribution in [2.45, 2.75) is 52.1 Å². The average molecular weight is 246 g/mol. The molecule has 100 valence electrons. The fourth-order valence-electron chi connectivity index (χ4n) is 2.86. The van der Waals surface area contributed by atoms with Crippen molar-refractivity contribution in [1.82, 2.24) is 4.90 Å². The van der Waals surface area contributed by atoms with E-state index in [0.29, 0.717) is 5.41 Å². The molecular weight excluding hydrogens is 220 g/mol. The van der Waals surface area contributed by atoms with Crippen LogP contribution in [0.4, 0.5) is 5.69 Å². The van der Waals surface area contributed by atoms with Gasteiger partial charge >= 0.3 is 0 Å². The molecule has 0 aliphatic heterocycles.